The minimum atomic E-state index is 0.253. The first-order valence-corrected chi connectivity index (χ1v) is 15.9. The molecule has 2 heterocycles. The van der Waals surface area contributed by atoms with Crippen molar-refractivity contribution in [1.82, 2.24) is 9.97 Å². The van der Waals surface area contributed by atoms with Crippen LogP contribution in [-0.4, -0.2) is 22.2 Å². The first-order valence-electron chi connectivity index (χ1n) is 15.9. The average molecular weight is 577 g/mol. The molecule has 3 aromatic carbocycles. The lowest BCUT2D eigenvalue weighted by Gasteiger charge is -2.15. The van der Waals surface area contributed by atoms with Gasteiger partial charge in [0.2, 0.25) is 5.88 Å². The van der Waals surface area contributed by atoms with Gasteiger partial charge in [-0.15, -0.1) is 0 Å². The summed E-state index contributed by atoms with van der Waals surface area (Å²) in [5, 5.41) is 12.2. The van der Waals surface area contributed by atoms with Crippen molar-refractivity contribution in [1.29, 1.82) is 0 Å². The van der Waals surface area contributed by atoms with Crippen LogP contribution in [0.2, 0.25) is 0 Å². The van der Waals surface area contributed by atoms with E-state index in [1.807, 2.05) is 36.4 Å². The fourth-order valence-electron chi connectivity index (χ4n) is 5.72. The SMILES string of the molecule is CCCCCCc1cc(OCc2ccc(OC)cc2)nc2c1ccc1c(CCCCCC)cc(-c3ccc(O)cc3)nc12. The maximum Gasteiger partial charge on any atom is 0.214 e. The number of phenolic OH excluding ortho intramolecular Hbond substituents is 1. The van der Waals surface area contributed by atoms with Gasteiger partial charge in [0.1, 0.15) is 23.6 Å². The number of rotatable bonds is 15. The van der Waals surface area contributed by atoms with Crippen molar-refractivity contribution in [2.75, 3.05) is 7.11 Å². The monoisotopic (exact) mass is 576 g/mol. The summed E-state index contributed by atoms with van der Waals surface area (Å²) < 4.78 is 11.6. The lowest BCUT2D eigenvalue weighted by molar-refractivity contribution is 0.294. The molecule has 0 unspecified atom stereocenters. The van der Waals surface area contributed by atoms with Gasteiger partial charge in [0, 0.05) is 22.4 Å². The molecule has 1 N–H and O–H groups in total. The predicted molar refractivity (Wildman–Crippen MR) is 177 cm³/mol. The van der Waals surface area contributed by atoms with Crippen molar-refractivity contribution >= 4 is 21.8 Å². The molecule has 0 aliphatic carbocycles. The molecule has 0 fully saturated rings. The summed E-state index contributed by atoms with van der Waals surface area (Å²) in [7, 11) is 1.68. The molecule has 0 aliphatic heterocycles. The van der Waals surface area contributed by atoms with E-state index in [4.69, 9.17) is 19.4 Å². The van der Waals surface area contributed by atoms with E-state index < -0.39 is 0 Å². The van der Waals surface area contributed by atoms with E-state index in [2.05, 4.69) is 38.1 Å². The summed E-state index contributed by atoms with van der Waals surface area (Å²) >= 11 is 0. The largest absolute Gasteiger partial charge is 0.508 e. The summed E-state index contributed by atoms with van der Waals surface area (Å²) in [5.41, 5.74) is 7.31. The summed E-state index contributed by atoms with van der Waals surface area (Å²) in [4.78, 5) is 10.3. The van der Waals surface area contributed by atoms with E-state index in [1.165, 1.54) is 49.7 Å². The topological polar surface area (TPSA) is 64.5 Å². The van der Waals surface area contributed by atoms with Crippen LogP contribution in [0.1, 0.15) is 81.9 Å². The molecule has 0 saturated carbocycles. The van der Waals surface area contributed by atoms with Crippen molar-refractivity contribution in [3.05, 3.63) is 89.5 Å². The zero-order chi connectivity index (χ0) is 30.0. The number of pyridine rings is 2. The van der Waals surface area contributed by atoms with Crippen LogP contribution in [0, 0.1) is 0 Å². The van der Waals surface area contributed by atoms with Crippen molar-refractivity contribution in [3.8, 4) is 28.6 Å². The Morgan fingerprint density at radius 3 is 1.86 bits per heavy atom. The van der Waals surface area contributed by atoms with Crippen molar-refractivity contribution in [3.63, 3.8) is 0 Å². The highest BCUT2D eigenvalue weighted by Gasteiger charge is 2.16. The minimum Gasteiger partial charge on any atom is -0.508 e. The van der Waals surface area contributed by atoms with Gasteiger partial charge in [0.25, 0.3) is 0 Å². The number of aromatic nitrogens is 2. The molecule has 0 aliphatic rings. The Kier molecular flexibility index (Phi) is 10.5. The Hall–Kier alpha value is -4.12. The van der Waals surface area contributed by atoms with E-state index >= 15 is 0 Å². The first-order chi connectivity index (χ1) is 21.1. The van der Waals surface area contributed by atoms with Crippen molar-refractivity contribution in [2.24, 2.45) is 0 Å². The number of hydrogen-bond acceptors (Lipinski definition) is 5. The molecule has 0 saturated heterocycles. The number of nitrogens with zero attached hydrogens (tertiary/aromatic N) is 2. The molecule has 5 heteroatoms. The van der Waals surface area contributed by atoms with E-state index in [1.54, 1.807) is 19.2 Å². The van der Waals surface area contributed by atoms with E-state index in [0.29, 0.717) is 12.5 Å². The highest BCUT2D eigenvalue weighted by Crippen LogP contribution is 2.34. The summed E-state index contributed by atoms with van der Waals surface area (Å²) in [5.74, 6) is 1.71. The molecule has 0 bridgehead atoms. The maximum absolute atomic E-state index is 9.91. The van der Waals surface area contributed by atoms with Crippen LogP contribution >= 0.6 is 0 Å². The Balaban J connectivity index is 1.60. The predicted octanol–water partition coefficient (Wildman–Crippen LogP) is 9.99. The zero-order valence-corrected chi connectivity index (χ0v) is 25.9. The fourth-order valence-corrected chi connectivity index (χ4v) is 5.72. The number of aromatic hydroxyl groups is 1. The highest BCUT2D eigenvalue weighted by atomic mass is 16.5. The quantitative estimate of drug-likeness (QED) is 0.0992. The molecule has 0 radical (unpaired) electrons. The van der Waals surface area contributed by atoms with Gasteiger partial charge in [-0.05, 0) is 84.8 Å². The van der Waals surface area contributed by atoms with Crippen LogP contribution in [-0.2, 0) is 19.4 Å². The van der Waals surface area contributed by atoms with E-state index in [-0.39, 0.29) is 5.75 Å². The molecular formula is C38H44N2O3. The number of benzene rings is 3. The molecule has 2 aromatic heterocycles. The molecule has 0 spiro atoms. The van der Waals surface area contributed by atoms with Crippen LogP contribution < -0.4 is 9.47 Å². The van der Waals surface area contributed by atoms with Crippen LogP contribution in [0.5, 0.6) is 17.4 Å². The van der Waals surface area contributed by atoms with Gasteiger partial charge in [0.15, 0.2) is 0 Å². The first kappa shape index (κ1) is 30.3. The van der Waals surface area contributed by atoms with E-state index in [9.17, 15) is 5.11 Å². The standard InChI is InChI=1S/C38H44N2O3/c1-4-6-8-10-12-29-24-35(28-16-18-31(41)19-17-28)39-37-33(29)22-23-34-30(13-11-9-7-5-2)25-36(40-38(34)37)43-26-27-14-20-32(42-3)21-15-27/h14-25,41H,4-13,26H2,1-3H3. The number of unbranched alkanes of at least 4 members (excludes halogenated alkanes) is 6. The summed E-state index contributed by atoms with van der Waals surface area (Å²) in [6.07, 6.45) is 11.6. The Morgan fingerprint density at radius 2 is 1.26 bits per heavy atom. The number of aryl methyl sites for hydroxylation is 2. The normalized spacial score (nSPS) is 11.3. The lowest BCUT2D eigenvalue weighted by atomic mass is 9.96. The average Bonchev–Trinajstić information content (AvgIpc) is 3.04. The number of hydrogen-bond donors (Lipinski definition) is 1. The molecule has 5 aromatic rings. The van der Waals surface area contributed by atoms with Gasteiger partial charge >= 0.3 is 0 Å². The van der Waals surface area contributed by atoms with Gasteiger partial charge in [-0.3, -0.25) is 0 Å². The van der Waals surface area contributed by atoms with Crippen molar-refractivity contribution in [2.45, 2.75) is 84.7 Å². The summed E-state index contributed by atoms with van der Waals surface area (Å²) in [6.45, 7) is 4.92. The van der Waals surface area contributed by atoms with Gasteiger partial charge in [-0.1, -0.05) is 76.6 Å². The van der Waals surface area contributed by atoms with Crippen LogP contribution in [0.25, 0.3) is 33.1 Å². The second-order valence-corrected chi connectivity index (χ2v) is 11.4. The van der Waals surface area contributed by atoms with Crippen LogP contribution in [0.4, 0.5) is 0 Å². The van der Waals surface area contributed by atoms with Gasteiger partial charge in [-0.2, -0.15) is 0 Å². The number of ether oxygens (including phenoxy) is 2. The van der Waals surface area contributed by atoms with Gasteiger partial charge in [-0.25, -0.2) is 9.97 Å². The minimum absolute atomic E-state index is 0.253. The second-order valence-electron chi connectivity index (χ2n) is 11.4. The Bertz CT molecular complexity index is 1630. The number of phenols is 1. The molecule has 0 amide bonds. The third-order valence-corrected chi connectivity index (χ3v) is 8.21. The highest BCUT2D eigenvalue weighted by molar-refractivity contribution is 6.06. The fraction of sp³-hybridized carbons (Fsp3) is 0.368. The Labute approximate surface area is 255 Å². The molecule has 43 heavy (non-hydrogen) atoms. The molecule has 5 nitrogen and oxygen atoms in total. The van der Waals surface area contributed by atoms with Gasteiger partial charge < -0.3 is 14.6 Å². The third kappa shape index (κ3) is 7.64. The number of fused-ring (bicyclic) bond motifs is 3. The number of methoxy groups -OCH3 is 1. The molecule has 5 rings (SSSR count). The summed E-state index contributed by atoms with van der Waals surface area (Å²) in [6, 6.07) is 24.1. The molecule has 0 atom stereocenters. The molecule has 224 valence electrons. The van der Waals surface area contributed by atoms with Crippen LogP contribution in [0.3, 0.4) is 0 Å². The lowest BCUT2D eigenvalue weighted by Crippen LogP contribution is -2.01. The van der Waals surface area contributed by atoms with E-state index in [0.717, 1.165) is 70.1 Å². The third-order valence-electron chi connectivity index (χ3n) is 8.21. The molecular weight excluding hydrogens is 532 g/mol. The Morgan fingerprint density at radius 1 is 0.651 bits per heavy atom. The zero-order valence-electron chi connectivity index (χ0n) is 25.9. The van der Waals surface area contributed by atoms with Gasteiger partial charge in [0.05, 0.1) is 18.3 Å². The maximum atomic E-state index is 9.91. The second kappa shape index (κ2) is 14.9. The smallest absolute Gasteiger partial charge is 0.214 e. The van der Waals surface area contributed by atoms with Crippen LogP contribution in [0.15, 0.2) is 72.8 Å². The van der Waals surface area contributed by atoms with Crippen molar-refractivity contribution < 1.29 is 14.6 Å².